The van der Waals surface area contributed by atoms with Gasteiger partial charge >= 0.3 is 0 Å². The molecule has 16 heavy (non-hydrogen) atoms. The average Bonchev–Trinajstić information content (AvgIpc) is 2.27. The molecule has 88 valence electrons. The van der Waals surface area contributed by atoms with E-state index in [0.717, 1.165) is 35.2 Å². The van der Waals surface area contributed by atoms with Crippen LogP contribution in [-0.2, 0) is 11.2 Å². The largest absolute Gasteiger partial charge is 0.375 e. The van der Waals surface area contributed by atoms with Crippen molar-refractivity contribution in [2.45, 2.75) is 25.5 Å². The third-order valence-corrected chi connectivity index (χ3v) is 3.34. The van der Waals surface area contributed by atoms with Gasteiger partial charge in [-0.1, -0.05) is 23.2 Å². The molecule has 1 aliphatic rings. The molecule has 0 saturated carbocycles. The summed E-state index contributed by atoms with van der Waals surface area (Å²) >= 11 is 12.1. The van der Waals surface area contributed by atoms with Crippen molar-refractivity contribution in [2.75, 3.05) is 13.2 Å². The fraction of sp³-hybridized carbons (Fsp3) is 0.500. The molecule has 0 aromatic heterocycles. The Labute approximate surface area is 106 Å². The van der Waals surface area contributed by atoms with Gasteiger partial charge in [-0.2, -0.15) is 0 Å². The fourth-order valence-electron chi connectivity index (χ4n) is 1.81. The Kier molecular flexibility index (Phi) is 4.09. The Hall–Kier alpha value is -0.280. The van der Waals surface area contributed by atoms with Gasteiger partial charge in [0.15, 0.2) is 0 Å². The third kappa shape index (κ3) is 3.11. The number of benzene rings is 1. The maximum Gasteiger partial charge on any atom is 0.0741 e. The summed E-state index contributed by atoms with van der Waals surface area (Å²) in [6, 6.07) is 5.98. The van der Waals surface area contributed by atoms with Crippen LogP contribution in [0.4, 0.5) is 0 Å². The highest BCUT2D eigenvalue weighted by molar-refractivity contribution is 6.33. The SMILES string of the molecule is CC1COC(Cc2cc(Cl)ccc2Cl)CN1. The summed E-state index contributed by atoms with van der Waals surface area (Å²) in [7, 11) is 0. The first-order valence-corrected chi connectivity index (χ1v) is 6.19. The lowest BCUT2D eigenvalue weighted by atomic mass is 10.1. The van der Waals surface area contributed by atoms with E-state index in [9.17, 15) is 0 Å². The summed E-state index contributed by atoms with van der Waals surface area (Å²) < 4.78 is 5.72. The molecule has 1 fully saturated rings. The molecule has 1 N–H and O–H groups in total. The van der Waals surface area contributed by atoms with Crippen LogP contribution < -0.4 is 5.32 Å². The van der Waals surface area contributed by atoms with Crippen molar-refractivity contribution in [1.82, 2.24) is 5.32 Å². The normalized spacial score (nSPS) is 25.7. The van der Waals surface area contributed by atoms with E-state index in [0.29, 0.717) is 6.04 Å². The van der Waals surface area contributed by atoms with Crippen LogP contribution in [0.25, 0.3) is 0 Å². The van der Waals surface area contributed by atoms with Gasteiger partial charge in [-0.3, -0.25) is 0 Å². The Bertz CT molecular complexity index is 362. The molecule has 2 rings (SSSR count). The number of rotatable bonds is 2. The van der Waals surface area contributed by atoms with E-state index in [1.807, 2.05) is 12.1 Å². The summed E-state index contributed by atoms with van der Waals surface area (Å²) in [5.74, 6) is 0. The second kappa shape index (κ2) is 5.37. The molecule has 0 spiro atoms. The molecule has 0 amide bonds. The number of morpholine rings is 1. The van der Waals surface area contributed by atoms with Gasteiger partial charge in [0.25, 0.3) is 0 Å². The van der Waals surface area contributed by atoms with Crippen LogP contribution in [-0.4, -0.2) is 25.3 Å². The summed E-state index contributed by atoms with van der Waals surface area (Å²) in [6.07, 6.45) is 0.992. The molecule has 2 atom stereocenters. The first kappa shape index (κ1) is 12.2. The molecule has 1 aliphatic heterocycles. The monoisotopic (exact) mass is 259 g/mol. The summed E-state index contributed by atoms with van der Waals surface area (Å²) in [4.78, 5) is 0. The number of halogens is 2. The number of hydrogen-bond acceptors (Lipinski definition) is 2. The van der Waals surface area contributed by atoms with Crippen molar-refractivity contribution >= 4 is 23.2 Å². The zero-order valence-electron chi connectivity index (χ0n) is 9.17. The molecule has 1 saturated heterocycles. The molecule has 1 aromatic rings. The second-order valence-corrected chi connectivity index (χ2v) is 5.05. The van der Waals surface area contributed by atoms with Crippen molar-refractivity contribution in [3.63, 3.8) is 0 Å². The number of ether oxygens (including phenoxy) is 1. The highest BCUT2D eigenvalue weighted by Crippen LogP contribution is 2.22. The smallest absolute Gasteiger partial charge is 0.0741 e. The molecular weight excluding hydrogens is 245 g/mol. The van der Waals surface area contributed by atoms with Gasteiger partial charge in [-0.05, 0) is 30.7 Å². The lowest BCUT2D eigenvalue weighted by Gasteiger charge is -2.28. The van der Waals surface area contributed by atoms with E-state index >= 15 is 0 Å². The van der Waals surface area contributed by atoms with Crippen LogP contribution in [0, 0.1) is 0 Å². The van der Waals surface area contributed by atoms with Gasteiger partial charge in [-0.15, -0.1) is 0 Å². The predicted octanol–water partition coefficient (Wildman–Crippen LogP) is 2.91. The zero-order valence-corrected chi connectivity index (χ0v) is 10.7. The van der Waals surface area contributed by atoms with E-state index in [1.54, 1.807) is 6.07 Å². The summed E-state index contributed by atoms with van der Waals surface area (Å²) in [5, 5.41) is 4.86. The molecule has 0 aliphatic carbocycles. The Morgan fingerprint density at radius 1 is 1.44 bits per heavy atom. The summed E-state index contributed by atoms with van der Waals surface area (Å²) in [6.45, 7) is 3.73. The minimum absolute atomic E-state index is 0.187. The average molecular weight is 260 g/mol. The second-order valence-electron chi connectivity index (χ2n) is 4.20. The topological polar surface area (TPSA) is 21.3 Å². The molecule has 0 bridgehead atoms. The van der Waals surface area contributed by atoms with Crippen molar-refractivity contribution in [3.8, 4) is 0 Å². The highest BCUT2D eigenvalue weighted by atomic mass is 35.5. The third-order valence-electron chi connectivity index (χ3n) is 2.73. The van der Waals surface area contributed by atoms with Gasteiger partial charge in [0.1, 0.15) is 0 Å². The molecule has 0 radical (unpaired) electrons. The van der Waals surface area contributed by atoms with Crippen LogP contribution in [0.5, 0.6) is 0 Å². The fourth-order valence-corrected chi connectivity index (χ4v) is 2.20. The van der Waals surface area contributed by atoms with Crippen LogP contribution >= 0.6 is 23.2 Å². The minimum atomic E-state index is 0.187. The maximum absolute atomic E-state index is 6.11. The molecule has 1 heterocycles. The molecule has 4 heteroatoms. The van der Waals surface area contributed by atoms with Crippen molar-refractivity contribution < 1.29 is 4.74 Å². The van der Waals surface area contributed by atoms with E-state index < -0.39 is 0 Å². The Morgan fingerprint density at radius 3 is 2.94 bits per heavy atom. The lowest BCUT2D eigenvalue weighted by Crippen LogP contribution is -2.45. The molecule has 2 nitrogen and oxygen atoms in total. The highest BCUT2D eigenvalue weighted by Gasteiger charge is 2.19. The number of nitrogens with one attached hydrogen (secondary N) is 1. The van der Waals surface area contributed by atoms with Crippen LogP contribution in [0.3, 0.4) is 0 Å². The minimum Gasteiger partial charge on any atom is -0.375 e. The van der Waals surface area contributed by atoms with E-state index in [2.05, 4.69) is 12.2 Å². The van der Waals surface area contributed by atoms with E-state index in [4.69, 9.17) is 27.9 Å². The van der Waals surface area contributed by atoms with E-state index in [1.165, 1.54) is 0 Å². The van der Waals surface area contributed by atoms with Crippen molar-refractivity contribution in [2.24, 2.45) is 0 Å². The van der Waals surface area contributed by atoms with Crippen molar-refractivity contribution in [3.05, 3.63) is 33.8 Å². The molecular formula is C12H15Cl2NO. The Morgan fingerprint density at radius 2 is 2.25 bits per heavy atom. The maximum atomic E-state index is 6.11. The molecule has 2 unspecified atom stereocenters. The zero-order chi connectivity index (χ0) is 11.5. The first-order valence-electron chi connectivity index (χ1n) is 5.44. The predicted molar refractivity (Wildman–Crippen MR) is 67.4 cm³/mol. The van der Waals surface area contributed by atoms with Gasteiger partial charge < -0.3 is 10.1 Å². The van der Waals surface area contributed by atoms with Crippen LogP contribution in [0.2, 0.25) is 10.0 Å². The lowest BCUT2D eigenvalue weighted by molar-refractivity contribution is 0.00883. The quantitative estimate of drug-likeness (QED) is 0.882. The van der Waals surface area contributed by atoms with Gasteiger partial charge in [0, 0.05) is 29.1 Å². The molecule has 1 aromatic carbocycles. The Balaban J connectivity index is 2.00. The summed E-state index contributed by atoms with van der Waals surface area (Å²) in [5.41, 5.74) is 1.05. The van der Waals surface area contributed by atoms with E-state index in [-0.39, 0.29) is 6.10 Å². The van der Waals surface area contributed by atoms with Gasteiger partial charge in [0.2, 0.25) is 0 Å². The van der Waals surface area contributed by atoms with Gasteiger partial charge in [-0.25, -0.2) is 0 Å². The number of hydrogen-bond donors (Lipinski definition) is 1. The van der Waals surface area contributed by atoms with Crippen molar-refractivity contribution in [1.29, 1.82) is 0 Å². The van der Waals surface area contributed by atoms with Crippen LogP contribution in [0.1, 0.15) is 12.5 Å². The standard InChI is InChI=1S/C12H15Cl2NO/c1-8-7-16-11(6-15-8)5-9-4-10(13)2-3-12(9)14/h2-4,8,11,15H,5-7H2,1H3. The first-order chi connectivity index (χ1) is 7.65. The van der Waals surface area contributed by atoms with Crippen LogP contribution in [0.15, 0.2) is 18.2 Å². The van der Waals surface area contributed by atoms with Gasteiger partial charge in [0.05, 0.1) is 12.7 Å².